The van der Waals surface area contributed by atoms with E-state index in [1.54, 1.807) is 67.4 Å². The second kappa shape index (κ2) is 61.7. The minimum absolute atomic E-state index is 0. The van der Waals surface area contributed by atoms with Gasteiger partial charge < -0.3 is 116 Å². The Morgan fingerprint density at radius 2 is 0.893 bits per heavy atom. The zero-order valence-electron chi connectivity index (χ0n) is 86.5. The first-order valence-electron chi connectivity index (χ1n) is 46.5. The molecule has 0 aliphatic heterocycles. The van der Waals surface area contributed by atoms with Crippen LogP contribution in [0.25, 0.3) is 105 Å². The van der Waals surface area contributed by atoms with Crippen molar-refractivity contribution >= 4 is 33.4 Å². The number of carbonyl (C=O) groups is 2. The molecule has 27 heteroatoms. The van der Waals surface area contributed by atoms with Crippen LogP contribution < -0.4 is 14.9 Å². The molecule has 2 amide bonds. The molecule has 1 fully saturated rings. The summed E-state index contributed by atoms with van der Waals surface area (Å²) in [4.78, 5) is 69.6. The van der Waals surface area contributed by atoms with Gasteiger partial charge in [0.25, 0.3) is 0 Å². The summed E-state index contributed by atoms with van der Waals surface area (Å²) in [6.45, 7) is 21.9. The van der Waals surface area contributed by atoms with Crippen LogP contribution in [0.5, 0.6) is 5.88 Å². The van der Waals surface area contributed by atoms with Crippen LogP contribution in [0.1, 0.15) is 163 Å². The molecular weight excluding hydrogens is 2740 g/mol. The van der Waals surface area contributed by atoms with Crippen LogP contribution >= 0.6 is 0 Å². The smallest absolute Gasteiger partial charge is 0.656 e. The van der Waals surface area contributed by atoms with Crippen LogP contribution in [0, 0.1) is 68.2 Å². The first-order chi connectivity index (χ1) is 67.3. The van der Waals surface area contributed by atoms with Gasteiger partial charge in [0.1, 0.15) is 11.8 Å². The van der Waals surface area contributed by atoms with Crippen molar-refractivity contribution < 1.29 is 116 Å². The Morgan fingerprint density at radius 1 is 0.436 bits per heavy atom. The number of aromatic nitrogens is 14. The first-order valence-corrected chi connectivity index (χ1v) is 46.5. The summed E-state index contributed by atoms with van der Waals surface area (Å²) in [5.41, 5.74) is 21.1. The minimum atomic E-state index is -0.312. The summed E-state index contributed by atoms with van der Waals surface area (Å²) < 4.78 is 5.57. The molecule has 2 aliphatic rings. The van der Waals surface area contributed by atoms with E-state index in [-0.39, 0.29) is 192 Å². The molecule has 18 aromatic rings. The summed E-state index contributed by atoms with van der Waals surface area (Å²) in [5, 5.41) is 44.6. The van der Waals surface area contributed by atoms with Gasteiger partial charge in [-0.1, -0.05) is 218 Å². The molecule has 3 atom stereocenters. The van der Waals surface area contributed by atoms with Gasteiger partial charge in [-0.2, -0.15) is 0 Å². The van der Waals surface area contributed by atoms with E-state index in [1.807, 2.05) is 206 Å². The summed E-state index contributed by atoms with van der Waals surface area (Å²) in [6, 6.07) is 112. The molecule has 0 N–H and O–H groups in total. The fraction of sp³-hybridized carbons (Fsp3) is 0.213. The van der Waals surface area contributed by atoms with Gasteiger partial charge in [-0.25, -0.2) is 0 Å². The van der Waals surface area contributed by atoms with Gasteiger partial charge in [0.2, 0.25) is 5.88 Å². The maximum absolute atomic E-state index is 12.3. The summed E-state index contributed by atoms with van der Waals surface area (Å²) in [5.74, 6) is 0.502. The maximum Gasteiger partial charge on any atom is 4.00 e. The van der Waals surface area contributed by atoms with Crippen molar-refractivity contribution in [1.29, 1.82) is 0 Å². The minimum Gasteiger partial charge on any atom is -0.656 e. The van der Waals surface area contributed by atoms with Gasteiger partial charge in [-0.05, 0) is 172 Å². The Labute approximate surface area is 950 Å². The fourth-order valence-electron chi connectivity index (χ4n) is 17.0. The molecule has 12 aromatic heterocycles. The van der Waals surface area contributed by atoms with Crippen LogP contribution in [0.15, 0.2) is 346 Å². The van der Waals surface area contributed by atoms with Crippen LogP contribution in [0.2, 0.25) is 0 Å². The average Bonchev–Trinajstić information content (AvgIpc) is 1.52. The fourth-order valence-corrected chi connectivity index (χ4v) is 17.0. The zero-order valence-corrected chi connectivity index (χ0v) is 98.6. The molecule has 12 heterocycles. The Bertz CT molecular complexity index is 7000. The predicted molar refractivity (Wildman–Crippen MR) is 584 cm³/mol. The number of nitrogens with zero attached hydrogens (tertiary/aromatic N) is 19. The van der Waals surface area contributed by atoms with E-state index in [0.29, 0.717) is 81.8 Å². The van der Waals surface area contributed by atoms with E-state index in [4.69, 9.17) is 40.2 Å². The third-order valence-corrected chi connectivity index (χ3v) is 24.8. The van der Waals surface area contributed by atoms with E-state index in [0.717, 1.165) is 136 Å². The summed E-state index contributed by atoms with van der Waals surface area (Å²) in [6.07, 6.45) is 12.0. The summed E-state index contributed by atoms with van der Waals surface area (Å²) >= 11 is 0. The molecule has 3 unspecified atom stereocenters. The molecular formula is C122H125N19O3Os3Pt2. The number of rotatable bonds is 29. The molecule has 770 valence electrons. The number of carbonyl (C=O) groups excluding carboxylic acids is 2. The number of pyridine rings is 10. The van der Waals surface area contributed by atoms with Crippen LogP contribution in [-0.2, 0) is 150 Å². The van der Waals surface area contributed by atoms with E-state index in [1.165, 1.54) is 17.5 Å². The first kappa shape index (κ1) is 127. The second-order valence-electron chi connectivity index (χ2n) is 36.1. The van der Waals surface area contributed by atoms with Crippen molar-refractivity contribution in [3.8, 4) is 62.4 Å². The maximum atomic E-state index is 12.3. The summed E-state index contributed by atoms with van der Waals surface area (Å²) in [7, 11) is 0. The van der Waals surface area contributed by atoms with Crippen molar-refractivity contribution in [2.24, 2.45) is 5.41 Å². The number of hydrogen-bond donors (Lipinski definition) is 0. The van der Waals surface area contributed by atoms with Gasteiger partial charge in [-0.15, -0.1) is 153 Å². The number of amides is 2. The van der Waals surface area contributed by atoms with E-state index < -0.39 is 0 Å². The van der Waals surface area contributed by atoms with Crippen molar-refractivity contribution in [2.75, 3.05) is 32.9 Å². The topological polar surface area (TPSA) is 297 Å². The van der Waals surface area contributed by atoms with Crippen molar-refractivity contribution in [2.45, 2.75) is 129 Å². The Hall–Kier alpha value is -12.3. The monoisotopic (exact) mass is 2870 g/mol. The Morgan fingerprint density at radius 3 is 1.39 bits per heavy atom. The third kappa shape index (κ3) is 33.6. The van der Waals surface area contributed by atoms with Crippen LogP contribution in [0.3, 0.4) is 0 Å². The molecule has 0 saturated heterocycles. The molecule has 0 radical (unpaired) electrons. The van der Waals surface area contributed by atoms with Crippen LogP contribution in [-0.4, -0.2) is 105 Å². The van der Waals surface area contributed by atoms with Gasteiger partial charge in [0.05, 0.1) is 22.8 Å². The molecule has 2 bridgehead atoms. The predicted octanol–water partition coefficient (Wildman–Crippen LogP) is 27.3. The number of benzene rings is 6. The molecule has 0 spiro atoms. The number of hydrogen-bond acceptors (Lipinski definition) is 15. The number of ether oxygens (including phenoxy) is 1. The van der Waals surface area contributed by atoms with Gasteiger partial charge in [-0.3, -0.25) is 39.9 Å². The van der Waals surface area contributed by atoms with Crippen LogP contribution in [0.4, 0.5) is 0 Å². The Kier molecular flexibility index (Phi) is 52.7. The molecule has 149 heavy (non-hydrogen) atoms. The number of fused-ring (bicyclic) bond motifs is 7. The SMILES string of the molecule is CC(C)(C)c1cc(-c2nc(CC[N-]C(=O)c3ccccn3)cc3ccccc23)[n-]n1.CC(C)(C[N-]Cc1ccccn1)c1cccc(-c2[c-]cccc2)n1.CC12CCC(c3c1n[n-]c3-c1nc(CC[N-]C(=O)c3ccccn3)cc3ccccc13)C2(C)C.[CH3-].[CH3-].[CH3-].[CH3-].[CH3-].[CH3-].[Os+4].[Os+4].[Os+4].[Pt+2].[Pt+2].[c-]1ccccc1-c1cccc(C(C[N-]Cc2ccccn2)c2ccccc2)n1.[c-]1ccccc1-c1cccc(OC[N-]Cc2ccccn2)n1. The largest absolute Gasteiger partial charge is 4.00 e. The third-order valence-electron chi connectivity index (χ3n) is 24.8. The van der Waals surface area contributed by atoms with Gasteiger partial charge >= 0.3 is 102 Å². The van der Waals surface area contributed by atoms with Gasteiger partial charge in [0, 0.05) is 116 Å². The van der Waals surface area contributed by atoms with E-state index >= 15 is 0 Å². The van der Waals surface area contributed by atoms with E-state index in [9.17, 15) is 9.59 Å². The van der Waals surface area contributed by atoms with Gasteiger partial charge in [0.15, 0.2) is 0 Å². The quantitative estimate of drug-likeness (QED) is 0.0311. The van der Waals surface area contributed by atoms with Crippen molar-refractivity contribution in [3.05, 3.63) is 510 Å². The standard InChI is InChI=1S/C28H28N5O.C25H21N3.C24H24N5O.C21H21N3.C18H15N3O.6CH3.3Os.2Pt/c1-27(2)20-11-13-28(27,3)25-22(20)24(32-33-25)23-19-9-5-4-8-17(19)16-18(31-23)12-15-30-26(34)21-10-6-7-14-29-21;1-3-10-20(11-4-1)23(19-26-18-22-14-7-8-17-27-22)25-16-9-15-24(28-25)21-12-5-2-6-13-21;1-24(2,3)21-15-20(28-29-21)22-18-9-5-4-8-16(18)14-17(27-22)11-13-26-23(30)19-10-6-7-12-25-19;1-21(2,16-22-15-18-11-6-7-14-23-18)20-13-8-12-19(24-20)17-9-4-3-5-10-17;1-2-7-15(8-3-1)17-10-6-11-18(21-17)22-14-19-13-16-9-4-5-12-20-16;;;;;;;;;;;/h4-10,14,16,20H,11-13,15H2,1-3H3,(H-,30,31,32,33,34);1-12,14-17,23H,18-19H2;4-10,12,14-15H,11,13H2,1-3H3,(H-,26,27,28,29,30);3-9,11-14H,15-16H2,1-2H3;1-7,9-12H,13-14H2;6*1H3;;;;;/q-1;-2;-1;2*-2;6*-1;3*+4;2*+2/p-2. The Balaban J connectivity index is 0.000000324. The zero-order chi connectivity index (χ0) is 95.5. The molecule has 20 rings (SSSR count). The van der Waals surface area contributed by atoms with E-state index in [2.05, 4.69) is 208 Å². The molecule has 1 saturated carbocycles. The normalized spacial score (nSPS) is 13.0. The second-order valence-corrected chi connectivity index (χ2v) is 36.1. The van der Waals surface area contributed by atoms with Crippen molar-refractivity contribution in [1.82, 2.24) is 70.2 Å². The molecule has 2 aliphatic carbocycles. The molecule has 6 aromatic carbocycles. The molecule has 22 nitrogen and oxygen atoms in total. The average molecular weight is 2870 g/mol. The van der Waals surface area contributed by atoms with Crippen molar-refractivity contribution in [3.63, 3.8) is 0 Å².